The van der Waals surface area contributed by atoms with Crippen molar-refractivity contribution in [1.82, 2.24) is 0 Å². The van der Waals surface area contributed by atoms with E-state index in [0.717, 1.165) is 0 Å². The molecule has 2 aromatic rings. The van der Waals surface area contributed by atoms with Crippen LogP contribution in [0.4, 0.5) is 15.8 Å². The maximum absolute atomic E-state index is 14.0. The minimum Gasteiger partial charge on any atom is -0.478 e. The van der Waals surface area contributed by atoms with E-state index in [1.54, 1.807) is 19.1 Å². The van der Waals surface area contributed by atoms with E-state index in [1.807, 2.05) is 4.90 Å². The molecule has 1 fully saturated rings. The summed E-state index contributed by atoms with van der Waals surface area (Å²) >= 11 is 0. The Bertz CT molecular complexity index is 954. The number of ether oxygens (including phenoxy) is 1. The highest BCUT2D eigenvalue weighted by Crippen LogP contribution is 2.32. The molecule has 1 heterocycles. The summed E-state index contributed by atoms with van der Waals surface area (Å²) in [7, 11) is 0. The van der Waals surface area contributed by atoms with Crippen molar-refractivity contribution in [2.45, 2.75) is 19.8 Å². The molecule has 0 bridgehead atoms. The summed E-state index contributed by atoms with van der Waals surface area (Å²) in [5.41, 5.74) is 0.763. The second kappa shape index (κ2) is 9.39. The monoisotopic (exact) mass is 414 g/mol. The Hall–Kier alpha value is -3.42. The first-order chi connectivity index (χ1) is 14.4. The van der Waals surface area contributed by atoms with Gasteiger partial charge in [-0.1, -0.05) is 12.1 Å². The number of hydrogen-bond donors (Lipinski definition) is 2. The number of carbonyl (C=O) groups is 3. The molecule has 0 spiro atoms. The van der Waals surface area contributed by atoms with Crippen molar-refractivity contribution in [3.63, 3.8) is 0 Å². The molecule has 3 rings (SSSR count). The summed E-state index contributed by atoms with van der Waals surface area (Å²) < 4.78 is 19.1. The summed E-state index contributed by atoms with van der Waals surface area (Å²) in [4.78, 5) is 37.9. The fraction of sp³-hybridized carbons (Fsp3) is 0.318. The van der Waals surface area contributed by atoms with Gasteiger partial charge >= 0.3 is 11.9 Å². The van der Waals surface area contributed by atoms with Crippen LogP contribution in [0.3, 0.4) is 0 Å². The molecule has 2 aromatic carbocycles. The van der Waals surface area contributed by atoms with E-state index in [1.165, 1.54) is 30.3 Å². The predicted octanol–water partition coefficient (Wildman–Crippen LogP) is 3.56. The van der Waals surface area contributed by atoms with E-state index >= 15 is 0 Å². The van der Waals surface area contributed by atoms with Gasteiger partial charge < -0.3 is 20.1 Å². The van der Waals surface area contributed by atoms with Crippen LogP contribution in [-0.4, -0.2) is 42.6 Å². The van der Waals surface area contributed by atoms with Crippen molar-refractivity contribution in [2.75, 3.05) is 29.9 Å². The highest BCUT2D eigenvalue weighted by molar-refractivity contribution is 6.07. The van der Waals surface area contributed by atoms with Gasteiger partial charge in [-0.3, -0.25) is 9.59 Å². The zero-order chi connectivity index (χ0) is 21.7. The molecule has 30 heavy (non-hydrogen) atoms. The molecule has 1 amide bonds. The lowest BCUT2D eigenvalue weighted by atomic mass is 9.96. The molecule has 0 unspecified atom stereocenters. The maximum atomic E-state index is 14.0. The molecule has 0 radical (unpaired) electrons. The third-order valence-corrected chi connectivity index (χ3v) is 5.07. The van der Waals surface area contributed by atoms with Gasteiger partial charge in [0.2, 0.25) is 0 Å². The molecule has 0 aromatic heterocycles. The van der Waals surface area contributed by atoms with E-state index in [9.17, 15) is 23.9 Å². The van der Waals surface area contributed by atoms with Crippen LogP contribution in [0.15, 0.2) is 42.5 Å². The van der Waals surface area contributed by atoms with Crippen LogP contribution in [0.25, 0.3) is 0 Å². The van der Waals surface area contributed by atoms with Gasteiger partial charge in [-0.15, -0.1) is 0 Å². The summed E-state index contributed by atoms with van der Waals surface area (Å²) in [6.07, 6.45) is 1.17. The van der Waals surface area contributed by atoms with Crippen molar-refractivity contribution in [3.05, 3.63) is 59.4 Å². The van der Waals surface area contributed by atoms with Gasteiger partial charge in [0.25, 0.3) is 5.91 Å². The number of carboxylic acid groups (broad SMARTS) is 1. The number of anilines is 2. The maximum Gasteiger partial charge on any atom is 0.335 e. The van der Waals surface area contributed by atoms with E-state index in [4.69, 9.17) is 4.74 Å². The third-order valence-electron chi connectivity index (χ3n) is 5.07. The van der Waals surface area contributed by atoms with E-state index < -0.39 is 17.7 Å². The molecule has 1 saturated heterocycles. The van der Waals surface area contributed by atoms with Crippen molar-refractivity contribution in [1.29, 1.82) is 0 Å². The lowest BCUT2D eigenvalue weighted by Gasteiger charge is -2.34. The molecular formula is C22H23FN2O5. The largest absolute Gasteiger partial charge is 0.478 e. The van der Waals surface area contributed by atoms with E-state index in [0.29, 0.717) is 38.2 Å². The number of benzene rings is 2. The fourth-order valence-electron chi connectivity index (χ4n) is 3.50. The third kappa shape index (κ3) is 4.76. The summed E-state index contributed by atoms with van der Waals surface area (Å²) in [6, 6.07) is 10.00. The number of nitrogens with one attached hydrogen (secondary N) is 1. The topological polar surface area (TPSA) is 95.9 Å². The molecule has 0 atom stereocenters. The van der Waals surface area contributed by atoms with Gasteiger partial charge in [-0.25, -0.2) is 9.18 Å². The minimum absolute atomic E-state index is 0.00370. The van der Waals surface area contributed by atoms with Gasteiger partial charge in [0, 0.05) is 13.1 Å². The first kappa shape index (κ1) is 21.3. The highest BCUT2D eigenvalue weighted by atomic mass is 19.1. The van der Waals surface area contributed by atoms with Gasteiger partial charge in [0.15, 0.2) is 0 Å². The SMILES string of the molecule is CCOC(=O)C1CCN(c2ccc(C(=O)O)cc2NC(=O)c2ccccc2F)CC1. The van der Waals surface area contributed by atoms with Crippen molar-refractivity contribution in [3.8, 4) is 0 Å². The Labute approximate surface area is 173 Å². The van der Waals surface area contributed by atoms with Crippen LogP contribution < -0.4 is 10.2 Å². The Morgan fingerprint density at radius 2 is 1.87 bits per heavy atom. The Balaban J connectivity index is 1.83. The number of rotatable bonds is 6. The zero-order valence-corrected chi connectivity index (χ0v) is 16.6. The number of amides is 1. The molecule has 0 aliphatic carbocycles. The smallest absolute Gasteiger partial charge is 0.335 e. The molecule has 8 heteroatoms. The second-order valence-corrected chi connectivity index (χ2v) is 6.98. The lowest BCUT2D eigenvalue weighted by Crippen LogP contribution is -2.37. The molecule has 1 aliphatic heterocycles. The number of aromatic carboxylic acids is 1. The second-order valence-electron chi connectivity index (χ2n) is 6.98. The number of carbonyl (C=O) groups excluding carboxylic acids is 2. The van der Waals surface area contributed by atoms with Gasteiger partial charge in [0.05, 0.1) is 35.0 Å². The standard InChI is InChI=1S/C22H23FN2O5/c1-2-30-22(29)14-9-11-25(12-10-14)19-8-7-15(21(27)28)13-18(19)24-20(26)16-5-3-4-6-17(16)23/h3-8,13-14H,2,9-12H2,1H3,(H,24,26)(H,27,28). The minimum atomic E-state index is -1.14. The van der Waals surface area contributed by atoms with Crippen LogP contribution in [0, 0.1) is 11.7 Å². The quantitative estimate of drug-likeness (QED) is 0.702. The number of halogens is 1. The molecule has 2 N–H and O–H groups in total. The molecule has 1 aliphatic rings. The summed E-state index contributed by atoms with van der Waals surface area (Å²) in [5, 5.41) is 12.0. The van der Waals surface area contributed by atoms with Crippen molar-refractivity contribution < 1.29 is 28.6 Å². The average molecular weight is 414 g/mol. The summed E-state index contributed by atoms with van der Waals surface area (Å²) in [5.74, 6) is -2.87. The van der Waals surface area contributed by atoms with Gasteiger partial charge in [0.1, 0.15) is 5.82 Å². The van der Waals surface area contributed by atoms with Crippen LogP contribution in [0.2, 0.25) is 0 Å². The number of esters is 1. The fourth-order valence-corrected chi connectivity index (χ4v) is 3.50. The lowest BCUT2D eigenvalue weighted by molar-refractivity contribution is -0.148. The molecule has 0 saturated carbocycles. The van der Waals surface area contributed by atoms with Crippen molar-refractivity contribution in [2.24, 2.45) is 5.92 Å². The van der Waals surface area contributed by atoms with Crippen LogP contribution in [0.1, 0.15) is 40.5 Å². The van der Waals surface area contributed by atoms with Crippen LogP contribution in [-0.2, 0) is 9.53 Å². The zero-order valence-electron chi connectivity index (χ0n) is 16.6. The first-order valence-corrected chi connectivity index (χ1v) is 9.75. The Morgan fingerprint density at radius 3 is 2.50 bits per heavy atom. The van der Waals surface area contributed by atoms with Crippen LogP contribution >= 0.6 is 0 Å². The number of carboxylic acids is 1. The Kier molecular flexibility index (Phi) is 6.66. The molecule has 7 nitrogen and oxygen atoms in total. The number of piperidine rings is 1. The van der Waals surface area contributed by atoms with Gasteiger partial charge in [-0.05, 0) is 50.1 Å². The van der Waals surface area contributed by atoms with Crippen molar-refractivity contribution >= 4 is 29.2 Å². The summed E-state index contributed by atoms with van der Waals surface area (Å²) in [6.45, 7) is 3.18. The number of hydrogen-bond acceptors (Lipinski definition) is 5. The Morgan fingerprint density at radius 1 is 1.17 bits per heavy atom. The molecular weight excluding hydrogens is 391 g/mol. The van der Waals surface area contributed by atoms with E-state index in [-0.39, 0.29) is 28.7 Å². The predicted molar refractivity (Wildman–Crippen MR) is 109 cm³/mol. The number of nitrogens with zero attached hydrogens (tertiary/aromatic N) is 1. The van der Waals surface area contributed by atoms with Crippen LogP contribution in [0.5, 0.6) is 0 Å². The first-order valence-electron chi connectivity index (χ1n) is 9.75. The highest BCUT2D eigenvalue weighted by Gasteiger charge is 2.27. The normalized spacial score (nSPS) is 14.3. The molecule has 158 valence electrons. The van der Waals surface area contributed by atoms with Gasteiger partial charge in [-0.2, -0.15) is 0 Å². The van der Waals surface area contributed by atoms with E-state index in [2.05, 4.69) is 5.32 Å². The average Bonchev–Trinajstić information content (AvgIpc) is 2.74.